The average molecular weight is 366 g/mol. The molecule has 3 N–H and O–H groups in total. The van der Waals surface area contributed by atoms with Crippen LogP contribution in [-0.2, 0) is 6.54 Å². The predicted octanol–water partition coefficient (Wildman–Crippen LogP) is 2.95. The van der Waals surface area contributed by atoms with Gasteiger partial charge in [-0.15, -0.1) is 0 Å². The number of nitrogens with one attached hydrogen (secondary N) is 1. The molecule has 0 atom stereocenters. The number of hydrogen-bond acceptors (Lipinski definition) is 4. The number of aryl methyl sites for hydroxylation is 3. The second-order valence-corrected chi connectivity index (χ2v) is 6.05. The minimum Gasteiger partial charge on any atom is -0.370 e. The van der Waals surface area contributed by atoms with E-state index in [-0.39, 0.29) is 18.2 Å². The minimum absolute atomic E-state index is 0.00880. The molecule has 0 radical (unpaired) electrons. The zero-order chi connectivity index (χ0) is 17.9. The lowest BCUT2D eigenvalue weighted by molar-refractivity contribution is 0.0970. The Bertz CT molecular complexity index is 820. The molecule has 126 valence electrons. The second-order valence-electron chi connectivity index (χ2n) is 5.23. The Morgan fingerprint density at radius 3 is 2.46 bits per heavy atom. The van der Waals surface area contributed by atoms with Crippen LogP contribution in [0.4, 0.5) is 0 Å². The molecule has 1 heterocycles. The first-order valence-corrected chi connectivity index (χ1v) is 7.90. The number of halogens is 2. The van der Waals surface area contributed by atoms with Gasteiger partial charge in [0.25, 0.3) is 5.91 Å². The van der Waals surface area contributed by atoms with Crippen LogP contribution in [0.1, 0.15) is 33.1 Å². The Hall–Kier alpha value is -2.18. The van der Waals surface area contributed by atoms with E-state index in [2.05, 4.69) is 20.3 Å². The smallest absolute Gasteiger partial charge is 0.278 e. The first-order chi connectivity index (χ1) is 11.3. The van der Waals surface area contributed by atoms with Crippen molar-refractivity contribution in [1.82, 2.24) is 15.3 Å². The third-order valence-corrected chi connectivity index (χ3v) is 4.09. The van der Waals surface area contributed by atoms with Gasteiger partial charge in [0.05, 0.1) is 33.7 Å². The molecule has 2 aromatic rings. The number of nitrogens with zero attached hydrogens (tertiary/aromatic N) is 3. The molecule has 0 saturated heterocycles. The highest BCUT2D eigenvalue weighted by Gasteiger charge is 2.14. The molecule has 24 heavy (non-hydrogen) atoms. The lowest BCUT2D eigenvalue weighted by Gasteiger charge is -2.08. The summed E-state index contributed by atoms with van der Waals surface area (Å²) in [4.78, 5) is 24.9. The molecular formula is C16H17Cl2N5O. The van der Waals surface area contributed by atoms with Crippen LogP contribution in [0.2, 0.25) is 10.0 Å². The van der Waals surface area contributed by atoms with Gasteiger partial charge in [-0.05, 0) is 38.5 Å². The maximum atomic E-state index is 12.2. The van der Waals surface area contributed by atoms with Crippen LogP contribution in [0.3, 0.4) is 0 Å². The molecule has 0 unspecified atom stereocenters. The van der Waals surface area contributed by atoms with Crippen molar-refractivity contribution in [2.24, 2.45) is 10.7 Å². The van der Waals surface area contributed by atoms with Gasteiger partial charge in [-0.3, -0.25) is 15.1 Å². The molecule has 6 nitrogen and oxygen atoms in total. The van der Waals surface area contributed by atoms with Crippen molar-refractivity contribution >= 4 is 35.1 Å². The molecule has 8 heteroatoms. The number of nitrogens with two attached hydrogens (primary N) is 1. The number of guanidine groups is 1. The fourth-order valence-electron chi connectivity index (χ4n) is 1.96. The van der Waals surface area contributed by atoms with E-state index in [9.17, 15) is 4.79 Å². The van der Waals surface area contributed by atoms with E-state index in [1.165, 1.54) is 0 Å². The summed E-state index contributed by atoms with van der Waals surface area (Å²) in [5, 5.41) is 3.41. The first kappa shape index (κ1) is 18.2. The highest BCUT2D eigenvalue weighted by molar-refractivity contribution is 6.42. The van der Waals surface area contributed by atoms with Gasteiger partial charge in [0.2, 0.25) is 0 Å². The van der Waals surface area contributed by atoms with Crippen LogP contribution < -0.4 is 11.1 Å². The lowest BCUT2D eigenvalue weighted by Crippen LogP contribution is -2.37. The van der Waals surface area contributed by atoms with Crippen molar-refractivity contribution in [1.29, 1.82) is 0 Å². The van der Waals surface area contributed by atoms with Crippen molar-refractivity contribution in [2.75, 3.05) is 0 Å². The predicted molar refractivity (Wildman–Crippen MR) is 95.5 cm³/mol. The number of carbonyl (C=O) groups excluding carboxylic acids is 1. The average Bonchev–Trinajstić information content (AvgIpc) is 2.52. The Labute approximate surface area is 150 Å². The van der Waals surface area contributed by atoms with Crippen LogP contribution in [0.15, 0.2) is 23.2 Å². The Balaban J connectivity index is 2.08. The quantitative estimate of drug-likeness (QED) is 0.645. The third kappa shape index (κ3) is 4.43. The van der Waals surface area contributed by atoms with Crippen LogP contribution in [0.5, 0.6) is 0 Å². The van der Waals surface area contributed by atoms with Gasteiger partial charge < -0.3 is 5.73 Å². The molecule has 0 saturated carbocycles. The van der Waals surface area contributed by atoms with Gasteiger partial charge >= 0.3 is 0 Å². The van der Waals surface area contributed by atoms with E-state index < -0.39 is 5.91 Å². The highest BCUT2D eigenvalue weighted by Crippen LogP contribution is 2.22. The number of rotatable bonds is 3. The Kier molecular flexibility index (Phi) is 5.75. The lowest BCUT2D eigenvalue weighted by atomic mass is 10.2. The van der Waals surface area contributed by atoms with E-state index in [0.717, 1.165) is 11.3 Å². The van der Waals surface area contributed by atoms with Crippen molar-refractivity contribution in [3.05, 3.63) is 56.6 Å². The van der Waals surface area contributed by atoms with Crippen LogP contribution >= 0.6 is 23.2 Å². The zero-order valence-electron chi connectivity index (χ0n) is 13.5. The molecule has 1 aromatic heterocycles. The summed E-state index contributed by atoms with van der Waals surface area (Å²) in [6.07, 6.45) is 0. The zero-order valence-corrected chi connectivity index (χ0v) is 15.0. The number of aromatic nitrogens is 2. The van der Waals surface area contributed by atoms with Crippen molar-refractivity contribution < 1.29 is 4.79 Å². The molecule has 0 bridgehead atoms. The fraction of sp³-hybridized carbons (Fsp3) is 0.250. The summed E-state index contributed by atoms with van der Waals surface area (Å²) in [5.41, 5.74) is 8.82. The van der Waals surface area contributed by atoms with Gasteiger partial charge in [0.1, 0.15) is 5.69 Å². The van der Waals surface area contributed by atoms with Crippen molar-refractivity contribution in [2.45, 2.75) is 27.3 Å². The summed E-state index contributed by atoms with van der Waals surface area (Å²) < 4.78 is 0. The molecule has 0 aliphatic heterocycles. The van der Waals surface area contributed by atoms with Gasteiger partial charge in [-0.1, -0.05) is 29.3 Å². The number of benzene rings is 1. The number of aliphatic imine (C=N–C) groups is 1. The maximum Gasteiger partial charge on any atom is 0.278 e. The van der Waals surface area contributed by atoms with Crippen LogP contribution in [-0.4, -0.2) is 21.8 Å². The van der Waals surface area contributed by atoms with E-state index in [1.54, 1.807) is 32.0 Å². The van der Waals surface area contributed by atoms with E-state index in [1.807, 2.05) is 6.92 Å². The standard InChI is InChI=1S/C16H17Cl2N5O/c1-8-9(2)22-14(10(3)21-8)15(24)23-16(19)20-7-11-4-5-12(17)13(18)6-11/h4-6H,7H2,1-3H3,(H3,19,20,23,24). The number of amides is 1. The molecule has 2 rings (SSSR count). The summed E-state index contributed by atoms with van der Waals surface area (Å²) in [7, 11) is 0. The molecular weight excluding hydrogens is 349 g/mol. The maximum absolute atomic E-state index is 12.2. The van der Waals surface area contributed by atoms with Gasteiger partial charge in [0, 0.05) is 0 Å². The van der Waals surface area contributed by atoms with Gasteiger partial charge in [-0.25, -0.2) is 9.98 Å². The van der Waals surface area contributed by atoms with Crippen molar-refractivity contribution in [3.63, 3.8) is 0 Å². The van der Waals surface area contributed by atoms with Crippen LogP contribution in [0.25, 0.3) is 0 Å². The SMILES string of the molecule is Cc1nc(C)c(C(=O)NC(N)=NCc2ccc(Cl)c(Cl)c2)nc1C. The van der Waals surface area contributed by atoms with Crippen LogP contribution in [0, 0.1) is 20.8 Å². The third-order valence-electron chi connectivity index (χ3n) is 3.35. The highest BCUT2D eigenvalue weighted by atomic mass is 35.5. The molecule has 0 aliphatic rings. The largest absolute Gasteiger partial charge is 0.370 e. The summed E-state index contributed by atoms with van der Waals surface area (Å²) >= 11 is 11.8. The topological polar surface area (TPSA) is 93.3 Å². The first-order valence-electron chi connectivity index (χ1n) is 7.15. The normalized spacial score (nSPS) is 11.5. The van der Waals surface area contributed by atoms with Gasteiger partial charge in [0.15, 0.2) is 5.96 Å². The monoisotopic (exact) mass is 365 g/mol. The summed E-state index contributed by atoms with van der Waals surface area (Å²) in [5.74, 6) is -0.455. The van der Waals surface area contributed by atoms with E-state index in [0.29, 0.717) is 21.4 Å². The minimum atomic E-state index is -0.446. The molecule has 1 aromatic carbocycles. The van der Waals surface area contributed by atoms with Gasteiger partial charge in [-0.2, -0.15) is 0 Å². The Morgan fingerprint density at radius 1 is 1.12 bits per heavy atom. The van der Waals surface area contributed by atoms with E-state index >= 15 is 0 Å². The van der Waals surface area contributed by atoms with E-state index in [4.69, 9.17) is 28.9 Å². The Morgan fingerprint density at radius 2 is 1.79 bits per heavy atom. The molecule has 0 spiro atoms. The second kappa shape index (κ2) is 7.59. The number of carbonyl (C=O) groups is 1. The summed E-state index contributed by atoms with van der Waals surface area (Å²) in [6.45, 7) is 5.61. The molecule has 1 amide bonds. The summed E-state index contributed by atoms with van der Waals surface area (Å²) in [6, 6.07) is 5.16. The molecule has 0 fully saturated rings. The fourth-order valence-corrected chi connectivity index (χ4v) is 2.28. The molecule has 0 aliphatic carbocycles. The number of hydrogen-bond donors (Lipinski definition) is 2. The van der Waals surface area contributed by atoms with Crippen molar-refractivity contribution in [3.8, 4) is 0 Å².